The molecule has 154 valence electrons. The van der Waals surface area contributed by atoms with Gasteiger partial charge in [-0.1, -0.05) is 12.1 Å². The Bertz CT molecular complexity index is 1420. The van der Waals surface area contributed by atoms with E-state index in [0.717, 1.165) is 10.6 Å². The van der Waals surface area contributed by atoms with Crippen molar-refractivity contribution in [2.45, 2.75) is 19.9 Å². The molecule has 0 spiro atoms. The highest BCUT2D eigenvalue weighted by Gasteiger charge is 2.45. The van der Waals surface area contributed by atoms with Crippen LogP contribution in [0.1, 0.15) is 38.3 Å². The molecule has 1 aliphatic rings. The largest absolute Gasteiger partial charge is 0.450 e. The number of thiazole rings is 1. The van der Waals surface area contributed by atoms with Crippen molar-refractivity contribution in [1.29, 1.82) is 0 Å². The first kappa shape index (κ1) is 19.1. The van der Waals surface area contributed by atoms with Crippen molar-refractivity contribution in [3.63, 3.8) is 0 Å². The fraction of sp³-hybridized carbons (Fsp3) is 0.136. The Morgan fingerprint density at radius 2 is 1.81 bits per heavy atom. The van der Waals surface area contributed by atoms with E-state index >= 15 is 0 Å². The van der Waals surface area contributed by atoms with E-state index in [1.165, 1.54) is 28.4 Å². The monoisotopic (exact) mass is 433 g/mol. The Morgan fingerprint density at radius 3 is 2.45 bits per heavy atom. The lowest BCUT2D eigenvalue weighted by atomic mass is 9.98. The van der Waals surface area contributed by atoms with Crippen molar-refractivity contribution in [3.8, 4) is 0 Å². The maximum absolute atomic E-state index is 13.4. The van der Waals surface area contributed by atoms with Crippen LogP contribution < -0.4 is 10.3 Å². The molecule has 1 amide bonds. The molecule has 1 aliphatic heterocycles. The summed E-state index contributed by atoms with van der Waals surface area (Å²) in [6.45, 7) is 3.75. The number of hydrogen-bond acceptors (Lipinski definition) is 7. The number of benzene rings is 2. The molecule has 31 heavy (non-hydrogen) atoms. The number of para-hydroxylation sites is 1. The lowest BCUT2D eigenvalue weighted by molar-refractivity contribution is -0.384. The lowest BCUT2D eigenvalue weighted by Crippen LogP contribution is -2.29. The summed E-state index contributed by atoms with van der Waals surface area (Å²) in [5.41, 5.74) is 1.51. The summed E-state index contributed by atoms with van der Waals surface area (Å²) in [6, 6.07) is 11.8. The van der Waals surface area contributed by atoms with Crippen LogP contribution in [0.15, 0.2) is 57.7 Å². The molecule has 4 aromatic rings. The van der Waals surface area contributed by atoms with Gasteiger partial charge in [0.05, 0.1) is 27.6 Å². The van der Waals surface area contributed by atoms with Gasteiger partial charge in [-0.05, 0) is 43.7 Å². The molecule has 0 bridgehead atoms. The van der Waals surface area contributed by atoms with Crippen LogP contribution in [-0.4, -0.2) is 15.8 Å². The number of aryl methyl sites for hydroxylation is 2. The first-order valence-electron chi connectivity index (χ1n) is 9.44. The van der Waals surface area contributed by atoms with E-state index in [1.807, 2.05) is 13.8 Å². The summed E-state index contributed by atoms with van der Waals surface area (Å²) in [6.07, 6.45) is 0. The molecular formula is C22H15N3O5S. The second kappa shape index (κ2) is 6.85. The highest BCUT2D eigenvalue weighted by atomic mass is 32.1. The number of amides is 1. The van der Waals surface area contributed by atoms with Crippen molar-refractivity contribution >= 4 is 39.0 Å². The van der Waals surface area contributed by atoms with Crippen LogP contribution in [-0.2, 0) is 0 Å². The van der Waals surface area contributed by atoms with E-state index in [0.29, 0.717) is 21.7 Å². The smallest absolute Gasteiger partial charge is 0.297 e. The summed E-state index contributed by atoms with van der Waals surface area (Å²) < 4.78 is 5.88. The molecule has 0 aliphatic carbocycles. The molecule has 5 rings (SSSR count). The minimum atomic E-state index is -0.797. The van der Waals surface area contributed by atoms with Gasteiger partial charge in [-0.15, -0.1) is 11.3 Å². The second-order valence-corrected chi connectivity index (χ2v) is 8.42. The van der Waals surface area contributed by atoms with Gasteiger partial charge in [-0.2, -0.15) is 0 Å². The van der Waals surface area contributed by atoms with Gasteiger partial charge in [0.1, 0.15) is 5.58 Å². The molecular weight excluding hydrogens is 418 g/mol. The number of nitrogens with zero attached hydrogens (tertiary/aromatic N) is 3. The van der Waals surface area contributed by atoms with Crippen LogP contribution in [0, 0.1) is 24.0 Å². The Balaban J connectivity index is 1.79. The highest BCUT2D eigenvalue weighted by molar-refractivity contribution is 7.15. The molecule has 1 atom stereocenters. The summed E-state index contributed by atoms with van der Waals surface area (Å²) in [5.74, 6) is -0.493. The van der Waals surface area contributed by atoms with Gasteiger partial charge >= 0.3 is 0 Å². The Hall–Kier alpha value is -3.85. The number of nitro groups is 1. The van der Waals surface area contributed by atoms with Crippen LogP contribution in [0.3, 0.4) is 0 Å². The van der Waals surface area contributed by atoms with Crippen LogP contribution in [0.5, 0.6) is 0 Å². The van der Waals surface area contributed by atoms with Gasteiger partial charge in [-0.3, -0.25) is 24.6 Å². The average Bonchev–Trinajstić information content (AvgIpc) is 3.24. The van der Waals surface area contributed by atoms with Crippen molar-refractivity contribution in [2.75, 3.05) is 4.90 Å². The molecule has 9 heteroatoms. The number of nitro benzene ring substituents is 1. The van der Waals surface area contributed by atoms with Crippen LogP contribution in [0.25, 0.3) is 11.0 Å². The first-order chi connectivity index (χ1) is 14.9. The Morgan fingerprint density at radius 1 is 1.10 bits per heavy atom. The maximum Gasteiger partial charge on any atom is 0.297 e. The number of hydrogen-bond donors (Lipinski definition) is 0. The van der Waals surface area contributed by atoms with Gasteiger partial charge < -0.3 is 4.42 Å². The molecule has 3 heterocycles. The number of rotatable bonds is 3. The molecule has 2 aromatic heterocycles. The minimum Gasteiger partial charge on any atom is -0.450 e. The molecule has 1 unspecified atom stereocenters. The molecule has 0 fully saturated rings. The number of non-ortho nitro benzene ring substituents is 1. The van der Waals surface area contributed by atoms with Crippen LogP contribution in [0.4, 0.5) is 10.8 Å². The van der Waals surface area contributed by atoms with Crippen molar-refractivity contribution in [3.05, 3.63) is 96.3 Å². The van der Waals surface area contributed by atoms with E-state index in [2.05, 4.69) is 4.98 Å². The number of carbonyl (C=O) groups is 1. The van der Waals surface area contributed by atoms with E-state index in [9.17, 15) is 19.7 Å². The fourth-order valence-electron chi connectivity index (χ4n) is 3.77. The molecule has 8 nitrogen and oxygen atoms in total. The fourth-order valence-corrected chi connectivity index (χ4v) is 4.71. The standard InChI is InChI=1S/C22H15N3O5S/c1-11-12(2)31-22(23-11)24-18(13-7-9-14(10-8-13)25(28)29)17-19(26)15-5-3-4-6-16(15)30-20(17)21(24)27/h3-10,18H,1-2H3. The zero-order chi connectivity index (χ0) is 21.9. The predicted octanol–water partition coefficient (Wildman–Crippen LogP) is 4.52. The van der Waals surface area contributed by atoms with E-state index in [-0.39, 0.29) is 22.4 Å². The van der Waals surface area contributed by atoms with Gasteiger partial charge in [0.25, 0.3) is 11.6 Å². The third kappa shape index (κ3) is 2.85. The van der Waals surface area contributed by atoms with Crippen LogP contribution >= 0.6 is 11.3 Å². The third-order valence-corrected chi connectivity index (χ3v) is 6.49. The van der Waals surface area contributed by atoms with Crippen molar-refractivity contribution < 1.29 is 14.1 Å². The number of anilines is 1. The topological polar surface area (TPSA) is 107 Å². The average molecular weight is 433 g/mol. The van der Waals surface area contributed by atoms with Crippen molar-refractivity contribution in [2.24, 2.45) is 0 Å². The first-order valence-corrected chi connectivity index (χ1v) is 10.3. The zero-order valence-electron chi connectivity index (χ0n) is 16.5. The normalized spacial score (nSPS) is 15.5. The van der Waals surface area contributed by atoms with Gasteiger partial charge in [0.15, 0.2) is 10.6 Å². The van der Waals surface area contributed by atoms with E-state index < -0.39 is 16.9 Å². The molecule has 0 saturated heterocycles. The summed E-state index contributed by atoms with van der Waals surface area (Å²) in [7, 11) is 0. The predicted molar refractivity (Wildman–Crippen MR) is 116 cm³/mol. The van der Waals surface area contributed by atoms with Gasteiger partial charge in [-0.25, -0.2) is 4.98 Å². The Kier molecular flexibility index (Phi) is 4.23. The highest BCUT2D eigenvalue weighted by Crippen LogP contribution is 2.43. The quantitative estimate of drug-likeness (QED) is 0.347. The number of carbonyl (C=O) groups excluding carboxylic acids is 1. The summed E-state index contributed by atoms with van der Waals surface area (Å²) in [4.78, 5) is 44.3. The van der Waals surface area contributed by atoms with Gasteiger partial charge in [0, 0.05) is 17.0 Å². The van der Waals surface area contributed by atoms with E-state index in [1.54, 1.807) is 36.4 Å². The van der Waals surface area contributed by atoms with E-state index in [4.69, 9.17) is 4.42 Å². The molecule has 0 N–H and O–H groups in total. The minimum absolute atomic E-state index is 0.0300. The molecule has 0 radical (unpaired) electrons. The third-order valence-electron chi connectivity index (χ3n) is 5.42. The van der Waals surface area contributed by atoms with Gasteiger partial charge in [0.2, 0.25) is 5.76 Å². The lowest BCUT2D eigenvalue weighted by Gasteiger charge is -2.22. The number of aromatic nitrogens is 1. The van der Waals surface area contributed by atoms with Crippen molar-refractivity contribution in [1.82, 2.24) is 4.98 Å². The second-order valence-electron chi connectivity index (χ2n) is 7.23. The molecule has 0 saturated carbocycles. The summed E-state index contributed by atoms with van der Waals surface area (Å²) in [5, 5.41) is 11.9. The number of fused-ring (bicyclic) bond motifs is 2. The zero-order valence-corrected chi connectivity index (χ0v) is 17.3. The SMILES string of the molecule is Cc1nc(N2C(=O)c3oc4ccccc4c(=O)c3C2c2ccc([N+](=O)[O-])cc2)sc1C. The summed E-state index contributed by atoms with van der Waals surface area (Å²) >= 11 is 1.34. The molecule has 2 aromatic carbocycles. The Labute approximate surface area is 179 Å². The maximum atomic E-state index is 13.4. The van der Waals surface area contributed by atoms with Crippen LogP contribution in [0.2, 0.25) is 0 Å².